The summed E-state index contributed by atoms with van der Waals surface area (Å²) in [6, 6.07) is 11.6. The number of carbonyl (C=O) groups excluding carboxylic acids is 2. The molecule has 25 heavy (non-hydrogen) atoms. The molecule has 1 N–H and O–H groups in total. The molecule has 0 atom stereocenters. The van der Waals surface area contributed by atoms with Gasteiger partial charge in [-0.2, -0.15) is 0 Å². The number of para-hydroxylation sites is 1. The van der Waals surface area contributed by atoms with Crippen LogP contribution < -0.4 is 10.1 Å². The van der Waals surface area contributed by atoms with Crippen molar-refractivity contribution in [1.82, 2.24) is 5.32 Å². The van der Waals surface area contributed by atoms with Crippen molar-refractivity contribution >= 4 is 11.7 Å². The summed E-state index contributed by atoms with van der Waals surface area (Å²) in [6.07, 6.45) is 0.272. The topological polar surface area (TPSA) is 55.4 Å². The summed E-state index contributed by atoms with van der Waals surface area (Å²) in [7, 11) is 0. The van der Waals surface area contributed by atoms with Crippen LogP contribution in [0.4, 0.5) is 4.39 Å². The molecule has 0 aliphatic carbocycles. The third-order valence-electron chi connectivity index (χ3n) is 3.93. The Hall–Kier alpha value is -2.69. The highest BCUT2D eigenvalue weighted by Crippen LogP contribution is 2.15. The van der Waals surface area contributed by atoms with E-state index in [0.29, 0.717) is 5.56 Å². The van der Waals surface area contributed by atoms with E-state index in [0.717, 1.165) is 11.1 Å². The number of carbonyl (C=O) groups is 2. The minimum atomic E-state index is -0.437. The molecule has 0 aromatic heterocycles. The lowest BCUT2D eigenvalue weighted by Crippen LogP contribution is -2.28. The van der Waals surface area contributed by atoms with Gasteiger partial charge < -0.3 is 10.1 Å². The number of benzene rings is 2. The first-order chi connectivity index (χ1) is 12.0. The SMILES string of the molecule is Cc1ccc(C(=O)CCC(=O)NCCOc2ccccc2F)cc1C. The Labute approximate surface area is 147 Å². The number of halogens is 1. The van der Waals surface area contributed by atoms with Crippen LogP contribution in [-0.2, 0) is 4.79 Å². The van der Waals surface area contributed by atoms with E-state index >= 15 is 0 Å². The Morgan fingerprint density at radius 1 is 1.04 bits per heavy atom. The molecule has 0 aliphatic rings. The zero-order chi connectivity index (χ0) is 18.2. The number of hydrogen-bond acceptors (Lipinski definition) is 3. The molecule has 0 heterocycles. The van der Waals surface area contributed by atoms with Gasteiger partial charge in [-0.25, -0.2) is 4.39 Å². The standard InChI is InChI=1S/C20H22FNO3/c1-14-7-8-16(13-15(14)2)18(23)9-10-20(24)22-11-12-25-19-6-4-3-5-17(19)21/h3-8,13H,9-12H2,1-2H3,(H,22,24). The molecular formula is C20H22FNO3. The van der Waals surface area contributed by atoms with Gasteiger partial charge in [-0.1, -0.05) is 24.3 Å². The van der Waals surface area contributed by atoms with Gasteiger partial charge >= 0.3 is 0 Å². The van der Waals surface area contributed by atoms with Crippen molar-refractivity contribution in [2.45, 2.75) is 26.7 Å². The largest absolute Gasteiger partial charge is 0.489 e. The molecule has 0 unspecified atom stereocenters. The molecule has 0 aliphatic heterocycles. The van der Waals surface area contributed by atoms with Gasteiger partial charge in [0.1, 0.15) is 6.61 Å². The fourth-order valence-electron chi connectivity index (χ4n) is 2.29. The van der Waals surface area contributed by atoms with E-state index in [-0.39, 0.29) is 43.4 Å². The Morgan fingerprint density at radius 2 is 1.80 bits per heavy atom. The number of aryl methyl sites for hydroxylation is 2. The Balaban J connectivity index is 1.69. The van der Waals surface area contributed by atoms with Crippen LogP contribution in [0.5, 0.6) is 5.75 Å². The van der Waals surface area contributed by atoms with E-state index in [2.05, 4.69) is 5.32 Å². The van der Waals surface area contributed by atoms with E-state index < -0.39 is 5.82 Å². The Morgan fingerprint density at radius 3 is 2.52 bits per heavy atom. The number of hydrogen-bond donors (Lipinski definition) is 1. The van der Waals surface area contributed by atoms with E-state index in [4.69, 9.17) is 4.74 Å². The molecule has 0 saturated heterocycles. The van der Waals surface area contributed by atoms with Crippen LogP contribution >= 0.6 is 0 Å². The van der Waals surface area contributed by atoms with Crippen LogP contribution in [0.3, 0.4) is 0 Å². The zero-order valence-corrected chi connectivity index (χ0v) is 14.5. The van der Waals surface area contributed by atoms with Crippen LogP contribution in [0, 0.1) is 19.7 Å². The second kappa shape index (κ2) is 8.97. The lowest BCUT2D eigenvalue weighted by atomic mass is 10.0. The van der Waals surface area contributed by atoms with Crippen molar-refractivity contribution in [1.29, 1.82) is 0 Å². The van der Waals surface area contributed by atoms with Crippen molar-refractivity contribution < 1.29 is 18.7 Å². The first-order valence-electron chi connectivity index (χ1n) is 8.22. The van der Waals surface area contributed by atoms with Crippen molar-refractivity contribution in [2.75, 3.05) is 13.2 Å². The first kappa shape index (κ1) is 18.6. The summed E-state index contributed by atoms with van der Waals surface area (Å²) < 4.78 is 18.6. The maximum Gasteiger partial charge on any atom is 0.220 e. The maximum absolute atomic E-state index is 13.3. The quantitative estimate of drug-likeness (QED) is 0.588. The van der Waals surface area contributed by atoms with Gasteiger partial charge in [0.05, 0.1) is 6.54 Å². The average Bonchev–Trinajstić information content (AvgIpc) is 2.60. The number of Topliss-reactive ketones (excluding diaryl/α,β-unsaturated/α-hetero) is 1. The van der Waals surface area contributed by atoms with Crippen molar-refractivity contribution in [3.8, 4) is 5.75 Å². The average molecular weight is 343 g/mol. The highest BCUT2D eigenvalue weighted by Gasteiger charge is 2.10. The van der Waals surface area contributed by atoms with Gasteiger partial charge in [0, 0.05) is 18.4 Å². The fourth-order valence-corrected chi connectivity index (χ4v) is 2.29. The molecule has 5 heteroatoms. The molecule has 0 bridgehead atoms. The second-order valence-electron chi connectivity index (χ2n) is 5.85. The monoisotopic (exact) mass is 343 g/mol. The normalized spacial score (nSPS) is 10.4. The molecule has 0 fully saturated rings. The lowest BCUT2D eigenvalue weighted by Gasteiger charge is -2.08. The molecule has 0 radical (unpaired) electrons. The van der Waals surface area contributed by atoms with Gasteiger partial charge in [-0.15, -0.1) is 0 Å². The Bertz CT molecular complexity index is 758. The van der Waals surface area contributed by atoms with E-state index in [9.17, 15) is 14.0 Å². The maximum atomic E-state index is 13.3. The number of ether oxygens (including phenoxy) is 1. The first-order valence-corrected chi connectivity index (χ1v) is 8.22. The van der Waals surface area contributed by atoms with Crippen LogP contribution in [-0.4, -0.2) is 24.8 Å². The molecular weight excluding hydrogens is 321 g/mol. The zero-order valence-electron chi connectivity index (χ0n) is 14.5. The van der Waals surface area contributed by atoms with Crippen LogP contribution in [0.1, 0.15) is 34.3 Å². The minimum Gasteiger partial charge on any atom is -0.489 e. The summed E-state index contributed by atoms with van der Waals surface area (Å²) in [4.78, 5) is 23.9. The van der Waals surface area contributed by atoms with Gasteiger partial charge in [-0.3, -0.25) is 9.59 Å². The molecule has 0 spiro atoms. The third-order valence-corrected chi connectivity index (χ3v) is 3.93. The van der Waals surface area contributed by atoms with E-state index in [1.165, 1.54) is 12.1 Å². The van der Waals surface area contributed by atoms with Gasteiger partial charge in [-0.05, 0) is 43.2 Å². The van der Waals surface area contributed by atoms with E-state index in [1.54, 1.807) is 18.2 Å². The molecule has 2 aromatic rings. The van der Waals surface area contributed by atoms with E-state index in [1.807, 2.05) is 26.0 Å². The lowest BCUT2D eigenvalue weighted by molar-refractivity contribution is -0.121. The smallest absolute Gasteiger partial charge is 0.220 e. The van der Waals surface area contributed by atoms with Crippen LogP contribution in [0.25, 0.3) is 0 Å². The molecule has 4 nitrogen and oxygen atoms in total. The molecule has 2 rings (SSSR count). The van der Waals surface area contributed by atoms with Crippen molar-refractivity contribution in [3.63, 3.8) is 0 Å². The van der Waals surface area contributed by atoms with Crippen molar-refractivity contribution in [2.24, 2.45) is 0 Å². The third kappa shape index (κ3) is 5.71. The summed E-state index contributed by atoms with van der Waals surface area (Å²) in [5, 5.41) is 2.66. The number of rotatable bonds is 8. The predicted molar refractivity (Wildman–Crippen MR) is 94.4 cm³/mol. The minimum absolute atomic E-state index is 0.0548. The molecule has 0 saturated carbocycles. The molecule has 2 aromatic carbocycles. The number of nitrogens with one attached hydrogen (secondary N) is 1. The second-order valence-corrected chi connectivity index (χ2v) is 5.85. The van der Waals surface area contributed by atoms with Crippen LogP contribution in [0.2, 0.25) is 0 Å². The highest BCUT2D eigenvalue weighted by atomic mass is 19.1. The van der Waals surface area contributed by atoms with Gasteiger partial charge in [0.15, 0.2) is 17.3 Å². The van der Waals surface area contributed by atoms with Gasteiger partial charge in [0.2, 0.25) is 5.91 Å². The van der Waals surface area contributed by atoms with Crippen molar-refractivity contribution in [3.05, 3.63) is 65.0 Å². The number of amides is 1. The summed E-state index contributed by atoms with van der Waals surface area (Å²) in [6.45, 7) is 4.36. The van der Waals surface area contributed by atoms with Crippen LogP contribution in [0.15, 0.2) is 42.5 Å². The number of ketones is 1. The molecule has 132 valence electrons. The molecule has 1 amide bonds. The summed E-state index contributed by atoms with van der Waals surface area (Å²) >= 11 is 0. The highest BCUT2D eigenvalue weighted by molar-refractivity contribution is 5.98. The predicted octanol–water partition coefficient (Wildman–Crippen LogP) is 3.60. The fraction of sp³-hybridized carbons (Fsp3) is 0.300. The van der Waals surface area contributed by atoms with Gasteiger partial charge in [0.25, 0.3) is 0 Å². The summed E-state index contributed by atoms with van der Waals surface area (Å²) in [5.74, 6) is -0.565. The Kier molecular flexibility index (Phi) is 6.69. The summed E-state index contributed by atoms with van der Waals surface area (Å²) in [5.41, 5.74) is 2.81.